The zero-order valence-electron chi connectivity index (χ0n) is 13.4. The van der Waals surface area contributed by atoms with Crippen molar-refractivity contribution in [3.63, 3.8) is 0 Å². The van der Waals surface area contributed by atoms with Crippen molar-refractivity contribution in [2.24, 2.45) is 5.92 Å². The Kier molecular flexibility index (Phi) is 2.39. The van der Waals surface area contributed by atoms with Gasteiger partial charge in [0.05, 0.1) is 33.2 Å². The van der Waals surface area contributed by atoms with Crippen LogP contribution in [-0.4, -0.2) is 48.7 Å². The minimum Gasteiger partial charge on any atom is -0.355 e. The Bertz CT molecular complexity index is 727. The molecule has 0 saturated carbocycles. The van der Waals surface area contributed by atoms with Gasteiger partial charge in [-0.2, -0.15) is 0 Å². The van der Waals surface area contributed by atoms with Gasteiger partial charge in [-0.25, -0.2) is 0 Å². The van der Waals surface area contributed by atoms with Crippen molar-refractivity contribution in [3.05, 3.63) is 71.0 Å². The Hall–Kier alpha value is -1.80. The average molecular weight is 291 g/mol. The number of hydrogen-bond acceptors (Lipinski definition) is 1. The van der Waals surface area contributed by atoms with Gasteiger partial charge in [-0.1, -0.05) is 36.5 Å². The van der Waals surface area contributed by atoms with Gasteiger partial charge in [0.1, 0.15) is 6.04 Å². The number of likely N-dealkylation sites (N-methyl/N-ethyl adjacent to an activating group) is 1. The molecule has 2 nitrogen and oxygen atoms in total. The monoisotopic (exact) mass is 291 g/mol. The van der Waals surface area contributed by atoms with Crippen LogP contribution in [0.1, 0.15) is 6.42 Å². The summed E-state index contributed by atoms with van der Waals surface area (Å²) in [6, 6.07) is 1.18. The zero-order chi connectivity index (χ0) is 14.9. The highest BCUT2D eigenvalue weighted by Gasteiger charge is 2.53. The summed E-state index contributed by atoms with van der Waals surface area (Å²) in [5.74, 6) is 0.562. The smallest absolute Gasteiger partial charge is 0.129 e. The summed E-state index contributed by atoms with van der Waals surface area (Å²) in [6.45, 7) is 2.38. The number of rotatable bonds is 0. The molecule has 2 aliphatic heterocycles. The molecule has 5 rings (SSSR count). The Morgan fingerprint density at radius 3 is 2.95 bits per heavy atom. The van der Waals surface area contributed by atoms with E-state index in [0.717, 1.165) is 10.9 Å². The normalized spacial score (nSPS) is 36.6. The molecule has 2 heterocycles. The second kappa shape index (κ2) is 4.14. The molecule has 22 heavy (non-hydrogen) atoms. The number of fused-ring (bicyclic) bond motifs is 2. The van der Waals surface area contributed by atoms with E-state index >= 15 is 0 Å². The van der Waals surface area contributed by atoms with Crippen molar-refractivity contribution in [3.8, 4) is 0 Å². The van der Waals surface area contributed by atoms with Crippen LogP contribution in [-0.2, 0) is 0 Å². The highest BCUT2D eigenvalue weighted by Crippen LogP contribution is 2.48. The van der Waals surface area contributed by atoms with Crippen LogP contribution >= 0.6 is 0 Å². The fraction of sp³-hybridized carbons (Fsp3) is 0.400. The first-order valence-corrected chi connectivity index (χ1v) is 8.42. The van der Waals surface area contributed by atoms with Crippen molar-refractivity contribution < 1.29 is 4.48 Å². The SMILES string of the molecule is C[N+]1(C)CCN2C3=CC=CCC3=CC3=CC=CC4=CC1C2C34. The standard InChI is InChI=1S/C20H23N2/c1-22(2)11-10-21-17-9-4-3-6-14(17)12-15-7-5-8-16-13-18(22)20(21)19(15)16/h3-5,7-9,12-13,18-20H,6,10-11H2,1-2H3/q+1. The van der Waals surface area contributed by atoms with Crippen molar-refractivity contribution >= 4 is 0 Å². The third-order valence-corrected chi connectivity index (χ3v) is 6.14. The summed E-state index contributed by atoms with van der Waals surface area (Å²) >= 11 is 0. The fourth-order valence-electron chi connectivity index (χ4n) is 4.96. The van der Waals surface area contributed by atoms with E-state index in [1.165, 1.54) is 35.5 Å². The van der Waals surface area contributed by atoms with Gasteiger partial charge in [0.25, 0.3) is 0 Å². The molecular formula is C20H23N2+. The van der Waals surface area contributed by atoms with Crippen LogP contribution in [0.25, 0.3) is 0 Å². The molecule has 0 aromatic carbocycles. The van der Waals surface area contributed by atoms with Gasteiger partial charge < -0.3 is 9.38 Å². The van der Waals surface area contributed by atoms with Crippen LogP contribution in [0, 0.1) is 5.92 Å². The Balaban J connectivity index is 1.74. The molecule has 0 bridgehead atoms. The van der Waals surface area contributed by atoms with Crippen molar-refractivity contribution in [2.45, 2.75) is 18.5 Å². The maximum atomic E-state index is 2.72. The van der Waals surface area contributed by atoms with E-state index in [4.69, 9.17) is 0 Å². The quantitative estimate of drug-likeness (QED) is 0.620. The second-order valence-electron chi connectivity index (χ2n) is 7.70. The van der Waals surface area contributed by atoms with E-state index in [0.29, 0.717) is 18.0 Å². The second-order valence-corrected chi connectivity index (χ2v) is 7.70. The molecule has 0 aromatic heterocycles. The summed E-state index contributed by atoms with van der Waals surface area (Å²) in [5, 5.41) is 0. The topological polar surface area (TPSA) is 3.24 Å². The predicted molar refractivity (Wildman–Crippen MR) is 90.0 cm³/mol. The van der Waals surface area contributed by atoms with Crippen molar-refractivity contribution in [2.75, 3.05) is 27.2 Å². The maximum Gasteiger partial charge on any atom is 0.129 e. The largest absolute Gasteiger partial charge is 0.355 e. The molecule has 2 heteroatoms. The molecular weight excluding hydrogens is 268 g/mol. The third kappa shape index (κ3) is 1.54. The first kappa shape index (κ1) is 12.7. The molecule has 0 amide bonds. The molecule has 1 saturated heterocycles. The van der Waals surface area contributed by atoms with Gasteiger partial charge in [0.15, 0.2) is 0 Å². The fourth-order valence-corrected chi connectivity index (χ4v) is 4.96. The molecule has 0 radical (unpaired) electrons. The number of quaternary nitrogens is 1. The van der Waals surface area contributed by atoms with E-state index in [1.54, 1.807) is 0 Å². The van der Waals surface area contributed by atoms with Crippen LogP contribution < -0.4 is 0 Å². The lowest BCUT2D eigenvalue weighted by Gasteiger charge is -2.50. The maximum absolute atomic E-state index is 2.72. The van der Waals surface area contributed by atoms with Gasteiger partial charge in [-0.15, -0.1) is 0 Å². The highest BCUT2D eigenvalue weighted by molar-refractivity contribution is 5.55. The van der Waals surface area contributed by atoms with E-state index in [9.17, 15) is 0 Å². The minimum absolute atomic E-state index is 0.562. The lowest BCUT2D eigenvalue weighted by molar-refractivity contribution is -0.915. The van der Waals surface area contributed by atoms with Crippen LogP contribution in [0.3, 0.4) is 0 Å². The molecule has 3 atom stereocenters. The van der Waals surface area contributed by atoms with Gasteiger partial charge in [0.2, 0.25) is 0 Å². The first-order valence-electron chi connectivity index (χ1n) is 8.42. The number of allylic oxidation sites excluding steroid dienone is 8. The third-order valence-electron chi connectivity index (χ3n) is 6.14. The zero-order valence-corrected chi connectivity index (χ0v) is 13.4. The summed E-state index contributed by atoms with van der Waals surface area (Å²) in [7, 11) is 4.80. The van der Waals surface area contributed by atoms with Crippen molar-refractivity contribution in [1.82, 2.24) is 4.90 Å². The first-order chi connectivity index (χ1) is 10.6. The molecule has 0 aromatic rings. The van der Waals surface area contributed by atoms with E-state index in [2.05, 4.69) is 67.6 Å². The van der Waals surface area contributed by atoms with E-state index in [-0.39, 0.29) is 0 Å². The molecule has 0 N–H and O–H groups in total. The minimum atomic E-state index is 0.562. The lowest BCUT2D eigenvalue weighted by Crippen LogP contribution is -2.65. The van der Waals surface area contributed by atoms with Gasteiger partial charge in [0, 0.05) is 11.6 Å². The Labute approximate surface area is 132 Å². The van der Waals surface area contributed by atoms with Crippen molar-refractivity contribution in [1.29, 1.82) is 0 Å². The average Bonchev–Trinajstić information content (AvgIpc) is 2.84. The van der Waals surface area contributed by atoms with Gasteiger partial charge >= 0.3 is 0 Å². The van der Waals surface area contributed by atoms with Crippen LogP contribution in [0.2, 0.25) is 0 Å². The summed E-state index contributed by atoms with van der Waals surface area (Å²) in [4.78, 5) is 2.72. The molecule has 0 spiro atoms. The predicted octanol–water partition coefficient (Wildman–Crippen LogP) is 2.95. The van der Waals surface area contributed by atoms with E-state index < -0.39 is 0 Å². The van der Waals surface area contributed by atoms with Crippen LogP contribution in [0.5, 0.6) is 0 Å². The molecule has 1 fully saturated rings. The molecule has 5 aliphatic rings. The number of nitrogens with zero attached hydrogens (tertiary/aromatic N) is 2. The Morgan fingerprint density at radius 1 is 1.14 bits per heavy atom. The highest BCUT2D eigenvalue weighted by atomic mass is 15.4. The molecule has 3 unspecified atom stereocenters. The number of piperazine rings is 1. The van der Waals surface area contributed by atoms with E-state index in [1.807, 2.05) is 0 Å². The summed E-state index contributed by atoms with van der Waals surface area (Å²) < 4.78 is 1.11. The summed E-state index contributed by atoms with van der Waals surface area (Å²) in [6.07, 6.45) is 19.9. The number of hydrogen-bond donors (Lipinski definition) is 0. The Morgan fingerprint density at radius 2 is 2.05 bits per heavy atom. The van der Waals surface area contributed by atoms with Gasteiger partial charge in [-0.05, 0) is 35.3 Å². The summed E-state index contributed by atoms with van der Waals surface area (Å²) in [5.41, 5.74) is 6.03. The van der Waals surface area contributed by atoms with Crippen LogP contribution in [0.15, 0.2) is 71.0 Å². The van der Waals surface area contributed by atoms with Crippen LogP contribution in [0.4, 0.5) is 0 Å². The lowest BCUT2D eigenvalue weighted by atomic mass is 9.83. The van der Waals surface area contributed by atoms with Gasteiger partial charge in [-0.3, -0.25) is 0 Å². The molecule has 112 valence electrons. The molecule has 3 aliphatic carbocycles.